The summed E-state index contributed by atoms with van der Waals surface area (Å²) >= 11 is 0. The molecular formula is C26H29Cl2PTi. The van der Waals surface area contributed by atoms with E-state index in [0.29, 0.717) is 0 Å². The second-order valence-corrected chi connectivity index (χ2v) is 10.3. The molecule has 4 aromatic rings. The molecule has 0 saturated carbocycles. The average molecular weight is 491 g/mol. The van der Waals surface area contributed by atoms with E-state index in [0.717, 1.165) is 0 Å². The molecule has 0 nitrogen and oxygen atoms in total. The quantitative estimate of drug-likeness (QED) is 0.221. The van der Waals surface area contributed by atoms with Crippen LogP contribution in [0.15, 0.2) is 48.5 Å². The van der Waals surface area contributed by atoms with Crippen molar-refractivity contribution in [2.75, 3.05) is 6.16 Å². The number of hydrogen-bond acceptors (Lipinski definition) is 0. The van der Waals surface area contributed by atoms with Crippen LogP contribution in [-0.4, -0.2) is 6.16 Å². The molecule has 4 aromatic carbocycles. The van der Waals surface area contributed by atoms with E-state index < -0.39 is 0 Å². The van der Waals surface area contributed by atoms with E-state index in [1.807, 2.05) is 0 Å². The first-order chi connectivity index (χ1) is 13.0. The maximum atomic E-state index is 2.48. The summed E-state index contributed by atoms with van der Waals surface area (Å²) in [6.07, 6.45) is 3.84. The summed E-state index contributed by atoms with van der Waals surface area (Å²) in [6.45, 7) is 11.3. The van der Waals surface area contributed by atoms with Crippen molar-refractivity contribution in [3.8, 4) is 0 Å². The molecule has 4 rings (SSSR count). The summed E-state index contributed by atoms with van der Waals surface area (Å²) in [4.78, 5) is 0. The first kappa shape index (κ1) is 27.4. The van der Waals surface area contributed by atoms with Gasteiger partial charge in [-0.2, -0.15) is 12.1 Å². The van der Waals surface area contributed by atoms with Gasteiger partial charge in [0.15, 0.2) is 0 Å². The Hall–Kier alpha value is -0.616. The number of fused-ring (bicyclic) bond motifs is 2. The fourth-order valence-corrected chi connectivity index (χ4v) is 6.77. The zero-order valence-corrected chi connectivity index (χ0v) is 22.4. The second kappa shape index (κ2) is 11.3. The van der Waals surface area contributed by atoms with Crippen LogP contribution in [0.3, 0.4) is 0 Å². The Morgan fingerprint density at radius 1 is 0.700 bits per heavy atom. The van der Waals surface area contributed by atoms with Gasteiger partial charge in [-0.05, 0) is 26.4 Å². The van der Waals surface area contributed by atoms with Gasteiger partial charge in [0, 0.05) is 0 Å². The molecule has 0 saturated heterocycles. The molecule has 4 heteroatoms. The third-order valence-corrected chi connectivity index (χ3v) is 8.50. The summed E-state index contributed by atoms with van der Waals surface area (Å²) in [5, 5.41) is 8.87. The first-order valence-corrected chi connectivity index (χ1v) is 11.6. The molecule has 0 aromatic heterocycles. The maximum absolute atomic E-state index is 2.48. The average Bonchev–Trinajstić information content (AvgIpc) is 3.28. The summed E-state index contributed by atoms with van der Waals surface area (Å²) in [5.41, 5.74) is 5.58. The van der Waals surface area contributed by atoms with Crippen LogP contribution in [0.1, 0.15) is 42.0 Å². The molecule has 0 unspecified atom stereocenters. The fraction of sp³-hybridized carbons (Fsp3) is 0.308. The number of benzene rings is 2. The van der Waals surface area contributed by atoms with Crippen LogP contribution in [0, 0.1) is 27.7 Å². The predicted molar refractivity (Wildman–Crippen MR) is 124 cm³/mol. The topological polar surface area (TPSA) is 0 Å². The van der Waals surface area contributed by atoms with E-state index in [-0.39, 0.29) is 54.5 Å². The number of hydrogen-bond donors (Lipinski definition) is 0. The van der Waals surface area contributed by atoms with Crippen LogP contribution >= 0.6 is 7.92 Å². The standard InChI is InChI=1S/C26H29P.2ClH.Ti/c1-6-7-12-27(21-13-23-17(2)8-9-18(3)24(23)14-21)22-15-25-19(4)10-11-20(5)26(25)16-22;;;/h8-11,13-16H,6-7,12H2,1-5H3;2*1H;/q-2;;;+4/p-2. The largest absolute Gasteiger partial charge is 4.00 e. The zero-order valence-electron chi connectivity index (χ0n) is 18.4. The monoisotopic (exact) mass is 490 g/mol. The molecule has 30 heavy (non-hydrogen) atoms. The third-order valence-electron chi connectivity index (χ3n) is 5.97. The van der Waals surface area contributed by atoms with Gasteiger partial charge in [0.2, 0.25) is 0 Å². The molecule has 0 N–H and O–H groups in total. The molecule has 0 bridgehead atoms. The number of aryl methyl sites for hydroxylation is 4. The Kier molecular flexibility index (Phi) is 10.3. The molecule has 0 fully saturated rings. The predicted octanol–water partition coefficient (Wildman–Crippen LogP) is 0.903. The minimum atomic E-state index is -0.300. The van der Waals surface area contributed by atoms with Crippen molar-refractivity contribution in [2.45, 2.75) is 47.5 Å². The smallest absolute Gasteiger partial charge is 1.00 e. The molecular weight excluding hydrogens is 462 g/mol. The first-order valence-electron chi connectivity index (χ1n) is 10.1. The van der Waals surface area contributed by atoms with Gasteiger partial charge < -0.3 is 24.8 Å². The summed E-state index contributed by atoms with van der Waals surface area (Å²) in [5.74, 6) is 0. The normalized spacial score (nSPS) is 10.7. The van der Waals surface area contributed by atoms with Crippen molar-refractivity contribution in [3.63, 3.8) is 0 Å². The van der Waals surface area contributed by atoms with Gasteiger partial charge in [-0.25, -0.2) is 0 Å². The van der Waals surface area contributed by atoms with Crippen LogP contribution in [0.5, 0.6) is 0 Å². The van der Waals surface area contributed by atoms with Gasteiger partial charge in [-0.3, -0.25) is 0 Å². The molecule has 0 atom stereocenters. The van der Waals surface area contributed by atoms with Crippen molar-refractivity contribution in [1.29, 1.82) is 0 Å². The Labute approximate surface area is 210 Å². The molecule has 0 aliphatic carbocycles. The summed E-state index contributed by atoms with van der Waals surface area (Å²) in [6, 6.07) is 19.0. The van der Waals surface area contributed by atoms with E-state index in [1.165, 1.54) is 62.8 Å². The number of rotatable bonds is 5. The molecule has 0 aliphatic heterocycles. The Morgan fingerprint density at radius 2 is 1.10 bits per heavy atom. The van der Waals surface area contributed by atoms with E-state index in [1.54, 1.807) is 10.6 Å². The van der Waals surface area contributed by atoms with Crippen molar-refractivity contribution in [3.05, 3.63) is 70.8 Å². The van der Waals surface area contributed by atoms with E-state index >= 15 is 0 Å². The van der Waals surface area contributed by atoms with E-state index in [4.69, 9.17) is 0 Å². The van der Waals surface area contributed by atoms with Crippen molar-refractivity contribution in [1.82, 2.24) is 0 Å². The van der Waals surface area contributed by atoms with Gasteiger partial charge >= 0.3 is 21.7 Å². The van der Waals surface area contributed by atoms with Crippen molar-refractivity contribution in [2.24, 2.45) is 0 Å². The minimum Gasteiger partial charge on any atom is -1.00 e. The maximum Gasteiger partial charge on any atom is 4.00 e. The molecule has 0 radical (unpaired) electrons. The zero-order chi connectivity index (χ0) is 19.1. The van der Waals surface area contributed by atoms with Gasteiger partial charge in [0.05, 0.1) is 0 Å². The van der Waals surface area contributed by atoms with Crippen molar-refractivity contribution < 1.29 is 46.5 Å². The van der Waals surface area contributed by atoms with E-state index in [9.17, 15) is 0 Å². The molecule has 0 amide bonds. The Morgan fingerprint density at radius 3 is 1.47 bits per heavy atom. The molecule has 0 heterocycles. The van der Waals surface area contributed by atoms with Crippen LogP contribution in [-0.2, 0) is 21.7 Å². The molecule has 0 spiro atoms. The van der Waals surface area contributed by atoms with Crippen LogP contribution in [0.2, 0.25) is 0 Å². The van der Waals surface area contributed by atoms with Crippen LogP contribution in [0.4, 0.5) is 0 Å². The summed E-state index contributed by atoms with van der Waals surface area (Å²) < 4.78 is 0. The number of halogens is 2. The molecule has 0 aliphatic rings. The van der Waals surface area contributed by atoms with Gasteiger partial charge in [0.25, 0.3) is 0 Å². The van der Waals surface area contributed by atoms with Gasteiger partial charge in [0.1, 0.15) is 0 Å². The third kappa shape index (κ3) is 5.06. The number of unbranched alkanes of at least 4 members (excludes halogenated alkanes) is 1. The second-order valence-electron chi connectivity index (χ2n) is 7.99. The van der Waals surface area contributed by atoms with Crippen LogP contribution in [0.25, 0.3) is 21.5 Å². The fourth-order valence-electron chi connectivity index (χ4n) is 4.19. The van der Waals surface area contributed by atoms with Crippen LogP contribution < -0.4 is 35.4 Å². The van der Waals surface area contributed by atoms with Gasteiger partial charge in [-0.15, -0.1) is 67.5 Å². The van der Waals surface area contributed by atoms with Crippen molar-refractivity contribution >= 4 is 40.1 Å². The summed E-state index contributed by atoms with van der Waals surface area (Å²) in [7, 11) is -0.300. The Balaban J connectivity index is 0.00000150. The SMILES string of the molecule is CCCCP(c1cc2c(C)ccc(C)c2[cH-]1)c1cc2c(C)ccc(C)c2[cH-]1.[Cl-].[Cl-].[Ti+4]. The Bertz CT molecular complexity index is 959. The minimum absolute atomic E-state index is 0. The van der Waals surface area contributed by atoms with E-state index in [2.05, 4.69) is 83.1 Å². The van der Waals surface area contributed by atoms with Gasteiger partial charge in [-0.1, -0.05) is 58.4 Å². The molecule has 156 valence electrons.